The number of anilines is 1. The first kappa shape index (κ1) is 21.7. The topological polar surface area (TPSA) is 68.8 Å². The fraction of sp³-hybridized carbons (Fsp3) is 0.409. The summed E-state index contributed by atoms with van der Waals surface area (Å²) >= 11 is 0. The van der Waals surface area contributed by atoms with Gasteiger partial charge in [0, 0.05) is 5.69 Å². The number of amides is 2. The molecule has 0 saturated carbocycles. The molecule has 2 N–H and O–H groups in total. The number of aryl methyl sites for hydroxylation is 1. The summed E-state index contributed by atoms with van der Waals surface area (Å²) < 4.78 is 16.6. The number of carbonyl (C=O) groups excluding carboxylic acids is 1. The lowest BCUT2D eigenvalue weighted by Gasteiger charge is -2.11. The van der Waals surface area contributed by atoms with Crippen LogP contribution in [0.15, 0.2) is 48.5 Å². The molecule has 0 aliphatic carbocycles. The highest BCUT2D eigenvalue weighted by Gasteiger charge is 2.03. The number of nitrogens with one attached hydrogen (secondary N) is 2. The predicted octanol–water partition coefficient (Wildman–Crippen LogP) is 4.14. The van der Waals surface area contributed by atoms with E-state index >= 15 is 0 Å². The molecule has 2 aromatic carbocycles. The second-order valence-corrected chi connectivity index (χ2v) is 6.71. The highest BCUT2D eigenvalue weighted by molar-refractivity contribution is 5.89. The number of hydrogen-bond acceptors (Lipinski definition) is 4. The molecular weight excluding hydrogens is 356 g/mol. The zero-order valence-corrected chi connectivity index (χ0v) is 16.9. The highest BCUT2D eigenvalue weighted by Crippen LogP contribution is 2.12. The van der Waals surface area contributed by atoms with Crippen LogP contribution in [0.1, 0.15) is 25.0 Å². The summed E-state index contributed by atoms with van der Waals surface area (Å²) in [4.78, 5) is 12.0. The molecule has 0 radical (unpaired) electrons. The highest BCUT2D eigenvalue weighted by atomic mass is 16.5. The minimum Gasteiger partial charge on any atom is -0.492 e. The molecule has 0 unspecified atom stereocenters. The van der Waals surface area contributed by atoms with Crippen molar-refractivity contribution >= 4 is 11.7 Å². The molecule has 0 heterocycles. The van der Waals surface area contributed by atoms with Crippen LogP contribution in [0.2, 0.25) is 0 Å². The molecule has 6 nitrogen and oxygen atoms in total. The van der Waals surface area contributed by atoms with E-state index < -0.39 is 0 Å². The first-order valence-corrected chi connectivity index (χ1v) is 9.55. The molecule has 0 atom stereocenters. The summed E-state index contributed by atoms with van der Waals surface area (Å²) in [7, 11) is 0. The summed E-state index contributed by atoms with van der Waals surface area (Å²) in [6.45, 7) is 8.42. The van der Waals surface area contributed by atoms with Gasteiger partial charge in [-0.1, -0.05) is 29.8 Å². The van der Waals surface area contributed by atoms with E-state index in [0.29, 0.717) is 33.0 Å². The Balaban J connectivity index is 1.65. The van der Waals surface area contributed by atoms with Gasteiger partial charge in [-0.3, -0.25) is 0 Å². The van der Waals surface area contributed by atoms with Crippen molar-refractivity contribution in [1.29, 1.82) is 0 Å². The molecule has 6 heteroatoms. The van der Waals surface area contributed by atoms with Crippen molar-refractivity contribution in [3.05, 3.63) is 59.7 Å². The number of benzene rings is 2. The van der Waals surface area contributed by atoms with E-state index in [1.54, 1.807) is 0 Å². The Labute approximate surface area is 167 Å². The van der Waals surface area contributed by atoms with Crippen LogP contribution in [0.5, 0.6) is 5.75 Å². The normalized spacial score (nSPS) is 10.7. The second-order valence-electron chi connectivity index (χ2n) is 6.71. The van der Waals surface area contributed by atoms with Crippen LogP contribution in [0, 0.1) is 6.92 Å². The molecule has 2 aromatic rings. The van der Waals surface area contributed by atoms with E-state index in [1.165, 1.54) is 5.56 Å². The standard InChI is InChI=1S/C22H30N2O4/c1-17(2)27-14-13-26-16-19-5-4-6-20(15-19)24-22(25)23-11-12-28-21-9-7-18(3)8-10-21/h4-10,15,17H,11-14,16H2,1-3H3,(H2,23,24,25). The molecule has 0 aliphatic rings. The van der Waals surface area contributed by atoms with Crippen molar-refractivity contribution in [3.63, 3.8) is 0 Å². The Hall–Kier alpha value is -2.57. The smallest absolute Gasteiger partial charge is 0.319 e. The SMILES string of the molecule is Cc1ccc(OCCNC(=O)Nc2cccc(COCCOC(C)C)c2)cc1. The Morgan fingerprint density at radius 2 is 1.82 bits per heavy atom. The van der Waals surface area contributed by atoms with Crippen molar-refractivity contribution in [1.82, 2.24) is 5.32 Å². The van der Waals surface area contributed by atoms with Gasteiger partial charge in [0.1, 0.15) is 12.4 Å². The third-order valence-electron chi connectivity index (χ3n) is 3.81. The lowest BCUT2D eigenvalue weighted by atomic mass is 10.2. The molecule has 0 aromatic heterocycles. The Bertz CT molecular complexity index is 717. The number of hydrogen-bond donors (Lipinski definition) is 2. The van der Waals surface area contributed by atoms with Crippen LogP contribution in [0.25, 0.3) is 0 Å². The summed E-state index contributed by atoms with van der Waals surface area (Å²) in [5.74, 6) is 0.791. The zero-order valence-electron chi connectivity index (χ0n) is 16.9. The minimum atomic E-state index is -0.268. The van der Waals surface area contributed by atoms with E-state index in [0.717, 1.165) is 17.0 Å². The number of urea groups is 1. The van der Waals surface area contributed by atoms with E-state index in [-0.39, 0.29) is 12.1 Å². The van der Waals surface area contributed by atoms with Gasteiger partial charge >= 0.3 is 6.03 Å². The van der Waals surface area contributed by atoms with Gasteiger partial charge in [-0.25, -0.2) is 4.79 Å². The second kappa shape index (κ2) is 12.0. The molecule has 152 valence electrons. The van der Waals surface area contributed by atoms with Crippen LogP contribution in [0.4, 0.5) is 10.5 Å². The van der Waals surface area contributed by atoms with Crippen molar-refractivity contribution in [2.75, 3.05) is 31.7 Å². The van der Waals surface area contributed by atoms with Crippen LogP contribution in [0.3, 0.4) is 0 Å². The lowest BCUT2D eigenvalue weighted by molar-refractivity contribution is 0.0143. The van der Waals surface area contributed by atoms with E-state index in [4.69, 9.17) is 14.2 Å². The maximum atomic E-state index is 12.0. The monoisotopic (exact) mass is 386 g/mol. The summed E-state index contributed by atoms with van der Waals surface area (Å²) in [5.41, 5.74) is 2.89. The molecule has 0 fully saturated rings. The molecule has 28 heavy (non-hydrogen) atoms. The summed E-state index contributed by atoms with van der Waals surface area (Å²) in [6, 6.07) is 15.1. The van der Waals surface area contributed by atoms with E-state index in [2.05, 4.69) is 10.6 Å². The predicted molar refractivity (Wildman–Crippen MR) is 111 cm³/mol. The third-order valence-corrected chi connectivity index (χ3v) is 3.81. The van der Waals surface area contributed by atoms with Gasteiger partial charge in [-0.2, -0.15) is 0 Å². The summed E-state index contributed by atoms with van der Waals surface area (Å²) in [6.07, 6.45) is 0.205. The molecule has 2 rings (SSSR count). The lowest BCUT2D eigenvalue weighted by Crippen LogP contribution is -2.32. The van der Waals surface area contributed by atoms with Gasteiger partial charge in [0.05, 0.1) is 32.5 Å². The zero-order chi connectivity index (χ0) is 20.2. The largest absolute Gasteiger partial charge is 0.492 e. The Morgan fingerprint density at radius 3 is 2.57 bits per heavy atom. The molecule has 0 aliphatic heterocycles. The van der Waals surface area contributed by atoms with Crippen molar-refractivity contribution < 1.29 is 19.0 Å². The molecule has 0 spiro atoms. The maximum Gasteiger partial charge on any atom is 0.319 e. The summed E-state index contributed by atoms with van der Waals surface area (Å²) in [5, 5.41) is 5.60. The van der Waals surface area contributed by atoms with Crippen LogP contribution in [-0.4, -0.2) is 38.5 Å². The van der Waals surface area contributed by atoms with Gasteiger partial charge in [0.2, 0.25) is 0 Å². The number of rotatable bonds is 11. The average molecular weight is 386 g/mol. The van der Waals surface area contributed by atoms with Crippen molar-refractivity contribution in [2.24, 2.45) is 0 Å². The van der Waals surface area contributed by atoms with E-state index in [1.807, 2.05) is 69.3 Å². The molecule has 0 bridgehead atoms. The fourth-order valence-corrected chi connectivity index (χ4v) is 2.41. The van der Waals surface area contributed by atoms with Gasteiger partial charge < -0.3 is 24.8 Å². The van der Waals surface area contributed by atoms with Crippen LogP contribution < -0.4 is 15.4 Å². The van der Waals surface area contributed by atoms with Gasteiger partial charge in [-0.15, -0.1) is 0 Å². The fourth-order valence-electron chi connectivity index (χ4n) is 2.41. The first-order valence-electron chi connectivity index (χ1n) is 9.55. The van der Waals surface area contributed by atoms with Crippen LogP contribution >= 0.6 is 0 Å². The molecular formula is C22H30N2O4. The number of ether oxygens (including phenoxy) is 3. The quantitative estimate of drug-likeness (QED) is 0.570. The Kier molecular flexibility index (Phi) is 9.31. The maximum absolute atomic E-state index is 12.0. The Morgan fingerprint density at radius 1 is 1.04 bits per heavy atom. The van der Waals surface area contributed by atoms with Gasteiger partial charge in [-0.05, 0) is 50.6 Å². The van der Waals surface area contributed by atoms with Crippen molar-refractivity contribution in [2.45, 2.75) is 33.5 Å². The number of carbonyl (C=O) groups is 1. The van der Waals surface area contributed by atoms with E-state index in [9.17, 15) is 4.79 Å². The average Bonchev–Trinajstić information content (AvgIpc) is 2.66. The first-order chi connectivity index (χ1) is 13.5. The molecule has 0 saturated heterocycles. The van der Waals surface area contributed by atoms with Crippen LogP contribution in [-0.2, 0) is 16.1 Å². The van der Waals surface area contributed by atoms with Crippen molar-refractivity contribution in [3.8, 4) is 5.75 Å². The molecule has 2 amide bonds. The third kappa shape index (κ3) is 8.88. The van der Waals surface area contributed by atoms with Gasteiger partial charge in [0.25, 0.3) is 0 Å². The minimum absolute atomic E-state index is 0.205. The van der Waals surface area contributed by atoms with Gasteiger partial charge in [0.15, 0.2) is 0 Å².